The maximum Gasteiger partial charge on any atom is 0.113 e. The van der Waals surface area contributed by atoms with E-state index in [1.165, 1.54) is 28.4 Å². The summed E-state index contributed by atoms with van der Waals surface area (Å²) in [4.78, 5) is 6.23. The molecular weight excluding hydrogens is 244 g/mol. The van der Waals surface area contributed by atoms with Crippen LogP contribution in [0.2, 0.25) is 0 Å². The molecule has 1 fully saturated rings. The molecule has 1 aromatic rings. The van der Waals surface area contributed by atoms with Crippen molar-refractivity contribution in [2.45, 2.75) is 45.6 Å². The number of nitrogens with one attached hydrogen (secondary N) is 1. The van der Waals surface area contributed by atoms with Gasteiger partial charge in [-0.2, -0.15) is 0 Å². The molecule has 3 nitrogen and oxygen atoms in total. The Morgan fingerprint density at radius 1 is 1.50 bits per heavy atom. The first-order valence-electron chi connectivity index (χ1n) is 6.82. The minimum absolute atomic E-state index is 0.126. The van der Waals surface area contributed by atoms with Crippen LogP contribution in [0.25, 0.3) is 0 Å². The van der Waals surface area contributed by atoms with Crippen molar-refractivity contribution in [1.82, 2.24) is 10.3 Å². The molecule has 0 bridgehead atoms. The van der Waals surface area contributed by atoms with Crippen LogP contribution in [0.15, 0.2) is 0 Å². The first-order valence-corrected chi connectivity index (χ1v) is 7.63. The predicted molar refractivity (Wildman–Crippen MR) is 76.2 cm³/mol. The Labute approximate surface area is 114 Å². The van der Waals surface area contributed by atoms with Gasteiger partial charge in [0.2, 0.25) is 0 Å². The van der Waals surface area contributed by atoms with E-state index in [2.05, 4.69) is 26.1 Å². The normalized spacial score (nSPS) is 27.2. The van der Waals surface area contributed by atoms with Crippen molar-refractivity contribution in [3.63, 3.8) is 0 Å². The molecule has 0 radical (unpaired) electrons. The second kappa shape index (κ2) is 5.68. The van der Waals surface area contributed by atoms with E-state index in [-0.39, 0.29) is 5.54 Å². The zero-order chi connectivity index (χ0) is 13.2. The SMILES string of the molecule is CCc1nc(C2(NCCOC)CC(C)C2)sc1C. The first-order chi connectivity index (χ1) is 8.61. The third kappa shape index (κ3) is 2.60. The number of aromatic nitrogens is 1. The summed E-state index contributed by atoms with van der Waals surface area (Å²) in [5.41, 5.74) is 1.39. The Bertz CT molecular complexity index is 396. The van der Waals surface area contributed by atoms with Crippen molar-refractivity contribution >= 4 is 11.3 Å². The molecule has 18 heavy (non-hydrogen) atoms. The van der Waals surface area contributed by atoms with E-state index in [4.69, 9.17) is 9.72 Å². The number of hydrogen-bond donors (Lipinski definition) is 1. The first kappa shape index (κ1) is 14.0. The van der Waals surface area contributed by atoms with Crippen LogP contribution in [0.4, 0.5) is 0 Å². The molecule has 1 aliphatic carbocycles. The van der Waals surface area contributed by atoms with Gasteiger partial charge in [0.1, 0.15) is 5.01 Å². The molecule has 0 amide bonds. The molecule has 1 aliphatic rings. The summed E-state index contributed by atoms with van der Waals surface area (Å²) < 4.78 is 5.14. The molecule has 102 valence electrons. The Kier molecular flexibility index (Phi) is 4.41. The third-order valence-electron chi connectivity index (χ3n) is 3.80. The van der Waals surface area contributed by atoms with Gasteiger partial charge in [-0.15, -0.1) is 11.3 Å². The van der Waals surface area contributed by atoms with Gasteiger partial charge in [-0.25, -0.2) is 4.98 Å². The molecule has 0 aliphatic heterocycles. The minimum atomic E-state index is 0.126. The lowest BCUT2D eigenvalue weighted by Gasteiger charge is -2.46. The van der Waals surface area contributed by atoms with E-state index >= 15 is 0 Å². The Morgan fingerprint density at radius 2 is 2.22 bits per heavy atom. The average Bonchev–Trinajstić information content (AvgIpc) is 2.68. The number of thiazole rings is 1. The van der Waals surface area contributed by atoms with Crippen LogP contribution in [-0.4, -0.2) is 25.2 Å². The van der Waals surface area contributed by atoms with Crippen LogP contribution in [0.3, 0.4) is 0 Å². The smallest absolute Gasteiger partial charge is 0.113 e. The molecule has 1 N–H and O–H groups in total. The van der Waals surface area contributed by atoms with Gasteiger partial charge in [0.15, 0.2) is 0 Å². The molecule has 0 spiro atoms. The van der Waals surface area contributed by atoms with Gasteiger partial charge < -0.3 is 10.1 Å². The maximum atomic E-state index is 5.14. The zero-order valence-electron chi connectivity index (χ0n) is 11.9. The summed E-state index contributed by atoms with van der Waals surface area (Å²) in [5, 5.41) is 4.95. The molecule has 0 unspecified atom stereocenters. The van der Waals surface area contributed by atoms with Crippen molar-refractivity contribution in [2.24, 2.45) is 5.92 Å². The Balaban J connectivity index is 2.13. The largest absolute Gasteiger partial charge is 0.383 e. The van der Waals surface area contributed by atoms with E-state index in [1.807, 2.05) is 11.3 Å². The second-order valence-electron chi connectivity index (χ2n) is 5.39. The van der Waals surface area contributed by atoms with Gasteiger partial charge in [-0.05, 0) is 32.1 Å². The van der Waals surface area contributed by atoms with Crippen LogP contribution in [-0.2, 0) is 16.7 Å². The fourth-order valence-corrected chi connectivity index (χ4v) is 4.07. The van der Waals surface area contributed by atoms with Gasteiger partial charge >= 0.3 is 0 Å². The highest BCUT2D eigenvalue weighted by Gasteiger charge is 2.45. The van der Waals surface area contributed by atoms with Crippen molar-refractivity contribution < 1.29 is 4.74 Å². The van der Waals surface area contributed by atoms with Crippen LogP contribution >= 0.6 is 11.3 Å². The molecule has 0 aromatic carbocycles. The maximum absolute atomic E-state index is 5.14. The van der Waals surface area contributed by atoms with Crippen molar-refractivity contribution in [3.8, 4) is 0 Å². The summed E-state index contributed by atoms with van der Waals surface area (Å²) in [6.07, 6.45) is 3.44. The van der Waals surface area contributed by atoms with Crippen molar-refractivity contribution in [3.05, 3.63) is 15.6 Å². The summed E-state index contributed by atoms with van der Waals surface area (Å²) in [5.74, 6) is 0.800. The van der Waals surface area contributed by atoms with E-state index in [0.717, 1.165) is 25.5 Å². The number of aryl methyl sites for hydroxylation is 2. The number of hydrogen-bond acceptors (Lipinski definition) is 4. The van der Waals surface area contributed by atoms with E-state index in [9.17, 15) is 0 Å². The molecule has 1 heterocycles. The highest BCUT2D eigenvalue weighted by molar-refractivity contribution is 7.11. The van der Waals surface area contributed by atoms with E-state index in [1.54, 1.807) is 7.11 Å². The standard InChI is InChI=1S/C14H24N2OS/c1-5-12-11(3)18-13(16-12)14(8-10(2)9-14)15-6-7-17-4/h10,15H,5-9H2,1-4H3. The van der Waals surface area contributed by atoms with Gasteiger partial charge in [-0.1, -0.05) is 13.8 Å². The molecule has 0 atom stereocenters. The monoisotopic (exact) mass is 268 g/mol. The second-order valence-corrected chi connectivity index (χ2v) is 6.59. The fourth-order valence-electron chi connectivity index (χ4n) is 2.88. The molecule has 2 rings (SSSR count). The summed E-state index contributed by atoms with van der Waals surface area (Å²) in [6.45, 7) is 8.35. The Hall–Kier alpha value is -0.450. The van der Waals surface area contributed by atoms with Crippen molar-refractivity contribution in [1.29, 1.82) is 0 Å². The number of rotatable bonds is 6. The van der Waals surface area contributed by atoms with Crippen molar-refractivity contribution in [2.75, 3.05) is 20.3 Å². The third-order valence-corrected chi connectivity index (χ3v) is 5.02. The van der Waals surface area contributed by atoms with E-state index < -0.39 is 0 Å². The predicted octanol–water partition coefficient (Wildman–Crippen LogP) is 2.88. The van der Waals surface area contributed by atoms with Crippen LogP contribution in [0.5, 0.6) is 0 Å². The minimum Gasteiger partial charge on any atom is -0.383 e. The molecule has 1 aromatic heterocycles. The highest BCUT2D eigenvalue weighted by atomic mass is 32.1. The van der Waals surface area contributed by atoms with Gasteiger partial charge in [-0.3, -0.25) is 0 Å². The summed E-state index contributed by atoms with van der Waals surface area (Å²) in [7, 11) is 1.75. The molecule has 0 saturated heterocycles. The quantitative estimate of drug-likeness (QED) is 0.806. The lowest BCUT2D eigenvalue weighted by molar-refractivity contribution is 0.0981. The molecule has 1 saturated carbocycles. The van der Waals surface area contributed by atoms with Crippen LogP contribution in [0.1, 0.15) is 42.3 Å². The molecule has 4 heteroatoms. The lowest BCUT2D eigenvalue weighted by Crippen LogP contribution is -2.52. The molecular formula is C14H24N2OS. The van der Waals surface area contributed by atoms with Crippen LogP contribution in [0, 0.1) is 12.8 Å². The van der Waals surface area contributed by atoms with Gasteiger partial charge in [0, 0.05) is 18.5 Å². The zero-order valence-corrected chi connectivity index (χ0v) is 12.7. The van der Waals surface area contributed by atoms with Gasteiger partial charge in [0.25, 0.3) is 0 Å². The fraction of sp³-hybridized carbons (Fsp3) is 0.786. The lowest BCUT2D eigenvalue weighted by atomic mass is 9.69. The topological polar surface area (TPSA) is 34.2 Å². The van der Waals surface area contributed by atoms with E-state index in [0.29, 0.717) is 0 Å². The van der Waals surface area contributed by atoms with Gasteiger partial charge in [0.05, 0.1) is 17.8 Å². The Morgan fingerprint density at radius 3 is 2.72 bits per heavy atom. The van der Waals surface area contributed by atoms with Crippen LogP contribution < -0.4 is 5.32 Å². The number of ether oxygens (including phenoxy) is 1. The summed E-state index contributed by atoms with van der Waals surface area (Å²) >= 11 is 1.87. The highest BCUT2D eigenvalue weighted by Crippen LogP contribution is 2.47. The summed E-state index contributed by atoms with van der Waals surface area (Å²) in [6, 6.07) is 0. The number of methoxy groups -OCH3 is 1. The average molecular weight is 268 g/mol. The number of nitrogens with zero attached hydrogens (tertiary/aromatic N) is 1.